The van der Waals surface area contributed by atoms with Gasteiger partial charge in [-0.1, -0.05) is 37.3 Å². The normalized spacial score (nSPS) is 11.2. The topological polar surface area (TPSA) is 35.5 Å². The molecule has 4 rings (SSSR count). The molecule has 0 unspecified atom stereocenters. The summed E-state index contributed by atoms with van der Waals surface area (Å²) in [6, 6.07) is 16.7. The Morgan fingerprint density at radius 1 is 0.786 bits per heavy atom. The second kappa shape index (κ2) is 7.41. The largest absolute Gasteiger partial charge is 0.453 e. The summed E-state index contributed by atoms with van der Waals surface area (Å²) in [6.07, 6.45) is 0.892. The van der Waals surface area contributed by atoms with Gasteiger partial charge < -0.3 is 12.9 Å². The lowest BCUT2D eigenvalue weighted by Crippen LogP contribution is -1.87. The molecule has 3 aromatic carbocycles. The Bertz CT molecular complexity index is 1150. The zero-order chi connectivity index (χ0) is 19.8. The van der Waals surface area contributed by atoms with E-state index in [1.165, 1.54) is 11.1 Å². The Morgan fingerprint density at radius 2 is 1.32 bits per heavy atom. The van der Waals surface area contributed by atoms with Crippen molar-refractivity contribution in [2.75, 3.05) is 0 Å². The van der Waals surface area contributed by atoms with E-state index in [1.807, 2.05) is 18.2 Å². The monoisotopic (exact) mass is 392 g/mol. The zero-order valence-corrected chi connectivity index (χ0v) is 17.9. The van der Waals surface area contributed by atoms with E-state index in [-0.39, 0.29) is 0 Å². The molecule has 1 aromatic heterocycles. The van der Waals surface area contributed by atoms with E-state index in [9.17, 15) is 0 Å². The van der Waals surface area contributed by atoms with Crippen LogP contribution in [-0.4, -0.2) is 0 Å². The van der Waals surface area contributed by atoms with Gasteiger partial charge in [0.1, 0.15) is 16.9 Å². The van der Waals surface area contributed by atoms with Crippen LogP contribution in [0.2, 0.25) is 0 Å². The molecule has 0 fully saturated rings. The van der Waals surface area contributed by atoms with Crippen molar-refractivity contribution in [2.45, 2.75) is 41.0 Å². The molecule has 0 aliphatic carbocycles. The summed E-state index contributed by atoms with van der Waals surface area (Å²) >= 11 is 0. The molecule has 0 N–H and O–H groups in total. The van der Waals surface area contributed by atoms with Crippen molar-refractivity contribution in [1.82, 2.24) is 0 Å². The van der Waals surface area contributed by atoms with Crippen molar-refractivity contribution in [3.05, 3.63) is 76.3 Å². The Hall–Kier alpha value is -2.64. The standard InChI is InChI=1S/C24H25O3P/c1-6-19-9-7-8-10-22(19)25-28-26-23-17(4)11-15(2)13-20(23)21-14-16(3)12-18(5)24(21)27-28/h7-14H,6H2,1-5H3. The van der Waals surface area contributed by atoms with Crippen LogP contribution in [0, 0.1) is 27.7 Å². The van der Waals surface area contributed by atoms with Crippen LogP contribution in [0.3, 0.4) is 0 Å². The quantitative estimate of drug-likeness (QED) is 0.355. The molecule has 0 aliphatic heterocycles. The minimum absolute atomic E-state index is 0.815. The fourth-order valence-corrected chi connectivity index (χ4v) is 4.95. The number of para-hydroxylation sites is 1. The van der Waals surface area contributed by atoms with Crippen LogP contribution in [-0.2, 0) is 6.42 Å². The molecular weight excluding hydrogens is 367 g/mol. The number of hydrogen-bond donors (Lipinski definition) is 0. The molecular formula is C24H25O3P. The van der Waals surface area contributed by atoms with Gasteiger partial charge in [0.2, 0.25) is 0 Å². The Balaban J connectivity index is 2.07. The van der Waals surface area contributed by atoms with Crippen LogP contribution in [0.1, 0.15) is 34.7 Å². The maximum Gasteiger partial charge on any atom is 0.453 e. The molecule has 0 saturated heterocycles. The summed E-state index contributed by atoms with van der Waals surface area (Å²) in [4.78, 5) is 0. The predicted molar refractivity (Wildman–Crippen MR) is 117 cm³/mol. The van der Waals surface area contributed by atoms with Gasteiger partial charge in [0.05, 0.1) is 0 Å². The maximum absolute atomic E-state index is 6.34. The van der Waals surface area contributed by atoms with Crippen LogP contribution in [0.25, 0.3) is 21.9 Å². The van der Waals surface area contributed by atoms with Crippen LogP contribution in [0.4, 0.5) is 0 Å². The van der Waals surface area contributed by atoms with Crippen molar-refractivity contribution < 1.29 is 12.9 Å². The molecule has 144 valence electrons. The lowest BCUT2D eigenvalue weighted by molar-refractivity contribution is 0.493. The Kier molecular flexibility index (Phi) is 4.95. The van der Waals surface area contributed by atoms with Crippen LogP contribution >= 0.6 is 8.24 Å². The van der Waals surface area contributed by atoms with E-state index in [4.69, 9.17) is 12.9 Å². The van der Waals surface area contributed by atoms with Gasteiger partial charge in [-0.05, 0) is 80.1 Å². The number of benzene rings is 3. The maximum atomic E-state index is 6.34. The molecule has 4 heteroatoms. The van der Waals surface area contributed by atoms with E-state index in [1.54, 1.807) is 0 Å². The number of hydrogen-bond acceptors (Lipinski definition) is 3. The van der Waals surface area contributed by atoms with Gasteiger partial charge in [-0.25, -0.2) is 0 Å². The van der Waals surface area contributed by atoms with E-state index >= 15 is 0 Å². The van der Waals surface area contributed by atoms with Gasteiger partial charge in [-0.15, -0.1) is 0 Å². The summed E-state index contributed by atoms with van der Waals surface area (Å²) in [5.41, 5.74) is 7.41. The van der Waals surface area contributed by atoms with Gasteiger partial charge in [0, 0.05) is 10.8 Å². The lowest BCUT2D eigenvalue weighted by Gasteiger charge is -2.07. The van der Waals surface area contributed by atoms with Gasteiger partial charge in [-0.2, -0.15) is 0 Å². The lowest BCUT2D eigenvalue weighted by atomic mass is 10.0. The molecule has 0 amide bonds. The van der Waals surface area contributed by atoms with Crippen molar-refractivity contribution in [1.29, 1.82) is 0 Å². The summed E-state index contributed by atoms with van der Waals surface area (Å²) in [6.45, 7) is 10.5. The highest BCUT2D eigenvalue weighted by Gasteiger charge is 2.14. The molecule has 0 bridgehead atoms. The predicted octanol–water partition coefficient (Wildman–Crippen LogP) is 7.93. The van der Waals surface area contributed by atoms with Gasteiger partial charge in [0.25, 0.3) is 0 Å². The second-order valence-electron chi connectivity index (χ2n) is 7.38. The Labute approximate surface area is 166 Å². The van der Waals surface area contributed by atoms with E-state index < -0.39 is 8.24 Å². The fourth-order valence-electron chi connectivity index (χ4n) is 3.72. The van der Waals surface area contributed by atoms with E-state index in [2.05, 4.69) is 65.0 Å². The third-order valence-electron chi connectivity index (χ3n) is 4.99. The van der Waals surface area contributed by atoms with Crippen LogP contribution in [0.15, 0.2) is 56.9 Å². The van der Waals surface area contributed by atoms with E-state index in [0.29, 0.717) is 0 Å². The molecule has 0 radical (unpaired) electrons. The van der Waals surface area contributed by atoms with E-state index in [0.717, 1.165) is 50.8 Å². The first kappa shape index (κ1) is 18.7. The third-order valence-corrected chi connectivity index (χ3v) is 6.00. The van der Waals surface area contributed by atoms with Crippen molar-refractivity contribution >= 4 is 30.2 Å². The molecule has 3 nitrogen and oxygen atoms in total. The smallest absolute Gasteiger partial charge is 0.390 e. The summed E-state index contributed by atoms with van der Waals surface area (Å²) in [5.74, 6) is 0.815. The number of fused-ring (bicyclic) bond motifs is 3. The van der Waals surface area contributed by atoms with Gasteiger partial charge in [0.15, 0.2) is 0 Å². The first-order chi connectivity index (χ1) is 13.5. The molecule has 0 atom stereocenters. The molecule has 4 aromatic rings. The minimum atomic E-state index is -1.62. The first-order valence-electron chi connectivity index (χ1n) is 9.61. The van der Waals surface area contributed by atoms with Gasteiger partial charge in [-0.3, -0.25) is 0 Å². The zero-order valence-electron chi connectivity index (χ0n) is 17.0. The number of aryl methyl sites for hydroxylation is 5. The molecule has 0 aliphatic rings. The average Bonchev–Trinajstić information content (AvgIpc) is 2.80. The summed E-state index contributed by atoms with van der Waals surface area (Å²) < 4.78 is 18.9. The molecule has 1 heterocycles. The average molecular weight is 392 g/mol. The molecule has 0 spiro atoms. The first-order valence-corrected chi connectivity index (χ1v) is 10.7. The summed E-state index contributed by atoms with van der Waals surface area (Å²) in [5, 5.41) is 2.13. The summed E-state index contributed by atoms with van der Waals surface area (Å²) in [7, 11) is -1.62. The van der Waals surface area contributed by atoms with Crippen molar-refractivity contribution in [2.24, 2.45) is 0 Å². The highest BCUT2D eigenvalue weighted by molar-refractivity contribution is 7.32. The van der Waals surface area contributed by atoms with Crippen LogP contribution in [0.5, 0.6) is 5.75 Å². The molecule has 0 saturated carbocycles. The minimum Gasteiger partial charge on any atom is -0.390 e. The SMILES string of the molecule is CCc1ccccc1Op1oc2c(C)cc(C)cc2c2cc(C)cc(C)c2o1. The highest BCUT2D eigenvalue weighted by Crippen LogP contribution is 2.40. The molecule has 28 heavy (non-hydrogen) atoms. The Morgan fingerprint density at radius 3 is 1.86 bits per heavy atom. The second-order valence-corrected chi connectivity index (χ2v) is 8.37. The fraction of sp³-hybridized carbons (Fsp3) is 0.250. The third kappa shape index (κ3) is 3.43. The van der Waals surface area contributed by atoms with Gasteiger partial charge >= 0.3 is 8.24 Å². The van der Waals surface area contributed by atoms with Crippen LogP contribution < -0.4 is 4.52 Å². The van der Waals surface area contributed by atoms with Crippen molar-refractivity contribution in [3.63, 3.8) is 0 Å². The van der Waals surface area contributed by atoms with Crippen molar-refractivity contribution in [3.8, 4) is 5.75 Å². The highest BCUT2D eigenvalue weighted by atomic mass is 31.1. The number of rotatable bonds is 3.